The summed E-state index contributed by atoms with van der Waals surface area (Å²) in [5.41, 5.74) is 2.91. The van der Waals surface area contributed by atoms with E-state index in [0.29, 0.717) is 0 Å². The van der Waals surface area contributed by atoms with Gasteiger partial charge < -0.3 is 4.74 Å². The van der Waals surface area contributed by atoms with Crippen LogP contribution in [0.1, 0.15) is 37.5 Å². The number of hydrogen-bond donors (Lipinski definition) is 2. The van der Waals surface area contributed by atoms with Crippen molar-refractivity contribution in [3.63, 3.8) is 0 Å². The molecule has 1 fully saturated rings. The summed E-state index contributed by atoms with van der Waals surface area (Å²) >= 11 is 1.79. The zero-order valence-electron chi connectivity index (χ0n) is 11.3. The summed E-state index contributed by atoms with van der Waals surface area (Å²) in [6.07, 6.45) is 5.62. The van der Waals surface area contributed by atoms with Gasteiger partial charge in [-0.05, 0) is 43.0 Å². The monoisotopic (exact) mass is 268 g/mol. The fourth-order valence-corrected chi connectivity index (χ4v) is 3.72. The second-order valence-corrected chi connectivity index (χ2v) is 6.49. The molecule has 1 aromatic heterocycles. The van der Waals surface area contributed by atoms with E-state index in [4.69, 9.17) is 10.6 Å². The number of methoxy groups -OCH3 is 1. The first kappa shape index (κ1) is 14.0. The Bertz CT molecular complexity index is 345. The minimum absolute atomic E-state index is 0.0920. The van der Waals surface area contributed by atoms with E-state index in [1.807, 2.05) is 7.11 Å². The lowest BCUT2D eigenvalue weighted by atomic mass is 9.74. The number of thiophene rings is 1. The van der Waals surface area contributed by atoms with Crippen molar-refractivity contribution in [1.82, 2.24) is 5.43 Å². The lowest BCUT2D eigenvalue weighted by Crippen LogP contribution is -2.57. The molecule has 0 aliphatic heterocycles. The summed E-state index contributed by atoms with van der Waals surface area (Å²) in [6, 6.07) is 4.47. The average Bonchev–Trinajstić information content (AvgIpc) is 2.90. The maximum Gasteiger partial charge on any atom is 0.0848 e. The average molecular weight is 268 g/mol. The summed E-state index contributed by atoms with van der Waals surface area (Å²) in [7, 11) is 1.83. The van der Waals surface area contributed by atoms with E-state index in [1.165, 1.54) is 17.7 Å². The van der Waals surface area contributed by atoms with E-state index >= 15 is 0 Å². The van der Waals surface area contributed by atoms with E-state index in [2.05, 4.69) is 29.9 Å². The van der Waals surface area contributed by atoms with Gasteiger partial charge >= 0.3 is 0 Å². The van der Waals surface area contributed by atoms with Crippen molar-refractivity contribution in [3.05, 3.63) is 22.4 Å². The lowest BCUT2D eigenvalue weighted by Gasteiger charge is -2.43. The third-order valence-corrected chi connectivity index (χ3v) is 5.25. The molecule has 1 aliphatic rings. The van der Waals surface area contributed by atoms with Crippen LogP contribution in [0.4, 0.5) is 0 Å². The summed E-state index contributed by atoms with van der Waals surface area (Å²) in [4.78, 5) is 1.37. The Balaban J connectivity index is 2.08. The van der Waals surface area contributed by atoms with E-state index in [1.54, 1.807) is 11.3 Å². The highest BCUT2D eigenvalue weighted by Crippen LogP contribution is 2.37. The highest BCUT2D eigenvalue weighted by molar-refractivity contribution is 7.09. The van der Waals surface area contributed by atoms with Gasteiger partial charge in [-0.1, -0.05) is 13.0 Å². The van der Waals surface area contributed by atoms with Crippen LogP contribution < -0.4 is 11.3 Å². The van der Waals surface area contributed by atoms with Gasteiger partial charge in [-0.2, -0.15) is 0 Å². The summed E-state index contributed by atoms with van der Waals surface area (Å²) in [5.74, 6) is 6.60. The molecule has 3 nitrogen and oxygen atoms in total. The molecule has 0 spiro atoms. The molecule has 0 bridgehead atoms. The van der Waals surface area contributed by atoms with Gasteiger partial charge in [0.2, 0.25) is 0 Å². The van der Waals surface area contributed by atoms with Crippen LogP contribution in [-0.4, -0.2) is 18.8 Å². The molecule has 1 heterocycles. The highest BCUT2D eigenvalue weighted by Gasteiger charge is 2.41. The van der Waals surface area contributed by atoms with Crippen molar-refractivity contribution in [3.8, 4) is 0 Å². The molecular weight excluding hydrogens is 244 g/mol. The first-order chi connectivity index (χ1) is 8.70. The molecule has 1 unspecified atom stereocenters. The molecule has 0 saturated heterocycles. The SMILES string of the molecule is COC1(C(Cc2cccs2)NN)CCC(C)CC1. The second-order valence-electron chi connectivity index (χ2n) is 5.45. The number of rotatable bonds is 5. The number of hydrazine groups is 1. The number of hydrogen-bond acceptors (Lipinski definition) is 4. The lowest BCUT2D eigenvalue weighted by molar-refractivity contribution is -0.0745. The van der Waals surface area contributed by atoms with Gasteiger partial charge in [0, 0.05) is 18.4 Å². The van der Waals surface area contributed by atoms with Crippen molar-refractivity contribution in [1.29, 1.82) is 0 Å². The highest BCUT2D eigenvalue weighted by atomic mass is 32.1. The maximum atomic E-state index is 5.89. The molecule has 0 amide bonds. The van der Waals surface area contributed by atoms with Crippen molar-refractivity contribution in [2.45, 2.75) is 50.7 Å². The Morgan fingerprint density at radius 3 is 2.78 bits per heavy atom. The molecule has 3 N–H and O–H groups in total. The van der Waals surface area contributed by atoms with Crippen LogP contribution in [0, 0.1) is 5.92 Å². The second kappa shape index (κ2) is 6.15. The van der Waals surface area contributed by atoms with Gasteiger partial charge in [-0.15, -0.1) is 11.3 Å². The van der Waals surface area contributed by atoms with E-state index in [9.17, 15) is 0 Å². The van der Waals surface area contributed by atoms with Gasteiger partial charge in [0.05, 0.1) is 11.6 Å². The topological polar surface area (TPSA) is 47.3 Å². The molecule has 102 valence electrons. The predicted molar refractivity (Wildman–Crippen MR) is 76.5 cm³/mol. The Labute approximate surface area is 114 Å². The minimum atomic E-state index is -0.0920. The van der Waals surface area contributed by atoms with Crippen LogP contribution in [0.3, 0.4) is 0 Å². The first-order valence-corrected chi connectivity index (χ1v) is 7.62. The smallest absolute Gasteiger partial charge is 0.0848 e. The molecule has 0 radical (unpaired) electrons. The molecule has 1 atom stereocenters. The number of nitrogens with one attached hydrogen (secondary N) is 1. The summed E-state index contributed by atoms with van der Waals surface area (Å²) in [6.45, 7) is 2.32. The Kier molecular flexibility index (Phi) is 4.78. The fraction of sp³-hybridized carbons (Fsp3) is 0.714. The van der Waals surface area contributed by atoms with Gasteiger partial charge in [0.15, 0.2) is 0 Å². The molecule has 18 heavy (non-hydrogen) atoms. The van der Waals surface area contributed by atoms with E-state index in [0.717, 1.165) is 25.2 Å². The van der Waals surface area contributed by atoms with Crippen molar-refractivity contribution >= 4 is 11.3 Å². The zero-order valence-corrected chi connectivity index (χ0v) is 12.1. The molecule has 2 rings (SSSR count). The number of ether oxygens (including phenoxy) is 1. The molecular formula is C14H24N2OS. The maximum absolute atomic E-state index is 5.89. The van der Waals surface area contributed by atoms with Crippen LogP contribution in [0.2, 0.25) is 0 Å². The van der Waals surface area contributed by atoms with Crippen LogP contribution in [0.15, 0.2) is 17.5 Å². The third kappa shape index (κ3) is 2.94. The fourth-order valence-electron chi connectivity index (χ4n) is 2.97. The van der Waals surface area contributed by atoms with Crippen molar-refractivity contribution in [2.24, 2.45) is 11.8 Å². The Morgan fingerprint density at radius 2 is 2.28 bits per heavy atom. The summed E-state index contributed by atoms with van der Waals surface area (Å²) in [5, 5.41) is 2.12. The van der Waals surface area contributed by atoms with Crippen LogP contribution in [0.5, 0.6) is 0 Å². The van der Waals surface area contributed by atoms with Crippen LogP contribution in [-0.2, 0) is 11.2 Å². The summed E-state index contributed by atoms with van der Waals surface area (Å²) < 4.78 is 5.89. The Morgan fingerprint density at radius 1 is 1.56 bits per heavy atom. The van der Waals surface area contributed by atoms with Gasteiger partial charge in [-0.25, -0.2) is 0 Å². The largest absolute Gasteiger partial charge is 0.377 e. The molecule has 1 aliphatic carbocycles. The van der Waals surface area contributed by atoms with Gasteiger partial charge in [0.25, 0.3) is 0 Å². The quantitative estimate of drug-likeness (QED) is 0.637. The zero-order chi connectivity index (χ0) is 13.0. The first-order valence-electron chi connectivity index (χ1n) is 6.74. The molecule has 1 saturated carbocycles. The predicted octanol–water partition coefficient (Wildman–Crippen LogP) is 2.72. The van der Waals surface area contributed by atoms with E-state index < -0.39 is 0 Å². The molecule has 1 aromatic rings. The van der Waals surface area contributed by atoms with E-state index in [-0.39, 0.29) is 11.6 Å². The van der Waals surface area contributed by atoms with Crippen molar-refractivity contribution in [2.75, 3.05) is 7.11 Å². The van der Waals surface area contributed by atoms with Crippen molar-refractivity contribution < 1.29 is 4.74 Å². The standard InChI is InChI=1S/C14H24N2OS/c1-11-5-7-14(17-2,8-6-11)13(16-15)10-12-4-3-9-18-12/h3-4,9,11,13,16H,5-8,10,15H2,1-2H3. The Hall–Kier alpha value is -0.420. The third-order valence-electron chi connectivity index (χ3n) is 4.35. The number of nitrogens with two attached hydrogens (primary N) is 1. The molecule has 0 aromatic carbocycles. The minimum Gasteiger partial charge on any atom is -0.377 e. The van der Waals surface area contributed by atoms with Gasteiger partial charge in [-0.3, -0.25) is 11.3 Å². The normalized spacial score (nSPS) is 30.3. The van der Waals surface area contributed by atoms with Gasteiger partial charge in [0.1, 0.15) is 0 Å². The van der Waals surface area contributed by atoms with Crippen LogP contribution >= 0.6 is 11.3 Å². The molecule has 4 heteroatoms. The van der Waals surface area contributed by atoms with Crippen LogP contribution in [0.25, 0.3) is 0 Å².